The lowest BCUT2D eigenvalue weighted by molar-refractivity contribution is -0.117. The second-order valence-electron chi connectivity index (χ2n) is 4.35. The number of rotatable bonds is 2. The van der Waals surface area contributed by atoms with Gasteiger partial charge in [0.15, 0.2) is 12.2 Å². The smallest absolute Gasteiger partial charge is 0.228 e. The second-order valence-corrected chi connectivity index (χ2v) is 4.35. The zero-order valence-electron chi connectivity index (χ0n) is 9.74. The van der Waals surface area contributed by atoms with Crippen LogP contribution in [0, 0.1) is 0 Å². The molecule has 0 bridgehead atoms. The first-order valence-electron chi connectivity index (χ1n) is 5.79. The molecule has 1 aromatic heterocycles. The van der Waals surface area contributed by atoms with Gasteiger partial charge in [-0.2, -0.15) is 0 Å². The molecular weight excluding hydrogens is 230 g/mol. The Labute approximate surface area is 104 Å². The zero-order chi connectivity index (χ0) is 12.5. The molecular formula is C13H13N3O2. The van der Waals surface area contributed by atoms with Crippen LogP contribution in [0.1, 0.15) is 6.42 Å². The van der Waals surface area contributed by atoms with Gasteiger partial charge in [-0.05, 0) is 12.1 Å². The Hall–Kier alpha value is -2.14. The SMILES string of the molecule is NC1CC(=O)N(c2ccccc2-c2cnco2)C1. The topological polar surface area (TPSA) is 72.4 Å². The number of aromatic nitrogens is 1. The van der Waals surface area contributed by atoms with Gasteiger partial charge >= 0.3 is 0 Å². The molecule has 0 saturated carbocycles. The van der Waals surface area contributed by atoms with E-state index in [2.05, 4.69) is 4.98 Å². The summed E-state index contributed by atoms with van der Waals surface area (Å²) in [5.74, 6) is 0.702. The lowest BCUT2D eigenvalue weighted by Gasteiger charge is -2.18. The predicted molar refractivity (Wildman–Crippen MR) is 66.9 cm³/mol. The van der Waals surface area contributed by atoms with Gasteiger partial charge in [0.2, 0.25) is 5.91 Å². The standard InChI is InChI=1S/C13H13N3O2/c14-9-5-13(17)16(7-9)11-4-2-1-3-10(11)12-6-15-8-18-12/h1-4,6,8-9H,5,7,14H2. The second kappa shape index (κ2) is 4.27. The molecule has 0 aliphatic carbocycles. The Balaban J connectivity index is 2.05. The Bertz CT molecular complexity index is 565. The number of amides is 1. The number of carbonyl (C=O) groups is 1. The number of oxazole rings is 1. The van der Waals surface area contributed by atoms with Crippen molar-refractivity contribution in [2.75, 3.05) is 11.4 Å². The molecule has 1 aromatic carbocycles. The Morgan fingerprint density at radius 1 is 1.39 bits per heavy atom. The van der Waals surface area contributed by atoms with Crippen molar-refractivity contribution in [3.8, 4) is 11.3 Å². The number of carbonyl (C=O) groups excluding carboxylic acids is 1. The number of hydrogen-bond acceptors (Lipinski definition) is 4. The number of benzene rings is 1. The van der Waals surface area contributed by atoms with Crippen molar-refractivity contribution in [2.24, 2.45) is 5.73 Å². The molecule has 18 heavy (non-hydrogen) atoms. The van der Waals surface area contributed by atoms with Crippen molar-refractivity contribution in [3.63, 3.8) is 0 Å². The lowest BCUT2D eigenvalue weighted by atomic mass is 10.1. The number of hydrogen-bond donors (Lipinski definition) is 1. The van der Waals surface area contributed by atoms with Gasteiger partial charge in [-0.15, -0.1) is 0 Å². The molecule has 1 aliphatic rings. The van der Waals surface area contributed by atoms with Gasteiger partial charge in [0.1, 0.15) is 0 Å². The number of anilines is 1. The van der Waals surface area contributed by atoms with Crippen LogP contribution in [-0.2, 0) is 4.79 Å². The molecule has 5 nitrogen and oxygen atoms in total. The summed E-state index contributed by atoms with van der Waals surface area (Å²) in [5, 5.41) is 0. The Morgan fingerprint density at radius 2 is 2.22 bits per heavy atom. The highest BCUT2D eigenvalue weighted by molar-refractivity contribution is 5.99. The van der Waals surface area contributed by atoms with Crippen LogP contribution in [0.4, 0.5) is 5.69 Å². The molecule has 1 saturated heterocycles. The van der Waals surface area contributed by atoms with Crippen LogP contribution in [0.15, 0.2) is 41.3 Å². The van der Waals surface area contributed by atoms with Crippen LogP contribution in [0.3, 0.4) is 0 Å². The Kier molecular flexibility index (Phi) is 2.60. The third-order valence-corrected chi connectivity index (χ3v) is 3.05. The lowest BCUT2D eigenvalue weighted by Crippen LogP contribution is -2.28. The zero-order valence-corrected chi connectivity index (χ0v) is 9.74. The molecule has 2 heterocycles. The average Bonchev–Trinajstić information content (AvgIpc) is 2.99. The molecule has 0 radical (unpaired) electrons. The number of nitrogens with zero attached hydrogens (tertiary/aromatic N) is 2. The van der Waals surface area contributed by atoms with Crippen molar-refractivity contribution in [3.05, 3.63) is 36.9 Å². The van der Waals surface area contributed by atoms with E-state index in [1.165, 1.54) is 6.39 Å². The molecule has 92 valence electrons. The van der Waals surface area contributed by atoms with Crippen molar-refractivity contribution in [1.82, 2.24) is 4.98 Å². The minimum absolute atomic E-state index is 0.0504. The van der Waals surface area contributed by atoms with E-state index >= 15 is 0 Å². The summed E-state index contributed by atoms with van der Waals surface area (Å²) < 4.78 is 5.30. The highest BCUT2D eigenvalue weighted by Crippen LogP contribution is 2.32. The fourth-order valence-corrected chi connectivity index (χ4v) is 2.23. The molecule has 3 rings (SSSR count). The third-order valence-electron chi connectivity index (χ3n) is 3.05. The maximum absolute atomic E-state index is 11.9. The fourth-order valence-electron chi connectivity index (χ4n) is 2.23. The van der Waals surface area contributed by atoms with Gasteiger partial charge in [0.05, 0.1) is 11.9 Å². The summed E-state index contributed by atoms with van der Waals surface area (Å²) in [5.41, 5.74) is 7.51. The highest BCUT2D eigenvalue weighted by Gasteiger charge is 2.29. The highest BCUT2D eigenvalue weighted by atomic mass is 16.3. The van der Waals surface area contributed by atoms with E-state index in [0.717, 1.165) is 11.3 Å². The van der Waals surface area contributed by atoms with Crippen molar-refractivity contribution >= 4 is 11.6 Å². The number of para-hydroxylation sites is 1. The number of nitrogens with two attached hydrogens (primary N) is 1. The van der Waals surface area contributed by atoms with Gasteiger partial charge in [-0.1, -0.05) is 12.1 Å². The normalized spacial score (nSPS) is 19.5. The first-order valence-corrected chi connectivity index (χ1v) is 5.79. The molecule has 1 amide bonds. The summed E-state index contributed by atoms with van der Waals surface area (Å²) in [6, 6.07) is 7.51. The minimum atomic E-state index is -0.0970. The van der Waals surface area contributed by atoms with E-state index in [1.807, 2.05) is 24.3 Å². The van der Waals surface area contributed by atoms with E-state index in [9.17, 15) is 4.79 Å². The van der Waals surface area contributed by atoms with Gasteiger partial charge in [0, 0.05) is 24.6 Å². The van der Waals surface area contributed by atoms with Crippen LogP contribution in [0.25, 0.3) is 11.3 Å². The molecule has 2 N–H and O–H groups in total. The summed E-state index contributed by atoms with van der Waals surface area (Å²) in [4.78, 5) is 17.5. The minimum Gasteiger partial charge on any atom is -0.443 e. The van der Waals surface area contributed by atoms with Gasteiger partial charge < -0.3 is 15.1 Å². The molecule has 1 atom stereocenters. The summed E-state index contributed by atoms with van der Waals surface area (Å²) >= 11 is 0. The molecule has 0 spiro atoms. The molecule has 5 heteroatoms. The first kappa shape index (κ1) is 11.0. The van der Waals surface area contributed by atoms with E-state index in [1.54, 1.807) is 11.1 Å². The van der Waals surface area contributed by atoms with Crippen LogP contribution < -0.4 is 10.6 Å². The molecule has 1 unspecified atom stereocenters. The summed E-state index contributed by atoms with van der Waals surface area (Å²) in [6.45, 7) is 0.546. The summed E-state index contributed by atoms with van der Waals surface area (Å²) in [6.07, 6.45) is 3.41. The van der Waals surface area contributed by atoms with Crippen LogP contribution in [0.5, 0.6) is 0 Å². The van der Waals surface area contributed by atoms with Crippen molar-refractivity contribution < 1.29 is 9.21 Å². The molecule has 2 aromatic rings. The Morgan fingerprint density at radius 3 is 2.89 bits per heavy atom. The van der Waals surface area contributed by atoms with Gasteiger partial charge in [-0.25, -0.2) is 4.98 Å². The van der Waals surface area contributed by atoms with Crippen LogP contribution in [0.2, 0.25) is 0 Å². The van der Waals surface area contributed by atoms with Crippen molar-refractivity contribution in [2.45, 2.75) is 12.5 Å². The van der Waals surface area contributed by atoms with E-state index < -0.39 is 0 Å². The monoisotopic (exact) mass is 243 g/mol. The van der Waals surface area contributed by atoms with Crippen LogP contribution >= 0.6 is 0 Å². The van der Waals surface area contributed by atoms with Crippen molar-refractivity contribution in [1.29, 1.82) is 0 Å². The predicted octanol–water partition coefficient (Wildman–Crippen LogP) is 1.41. The molecule has 1 fully saturated rings. The van der Waals surface area contributed by atoms with E-state index in [-0.39, 0.29) is 11.9 Å². The largest absolute Gasteiger partial charge is 0.443 e. The maximum atomic E-state index is 11.9. The average molecular weight is 243 g/mol. The van der Waals surface area contributed by atoms with Crippen LogP contribution in [-0.4, -0.2) is 23.5 Å². The van der Waals surface area contributed by atoms with Gasteiger partial charge in [0.25, 0.3) is 0 Å². The fraction of sp³-hybridized carbons (Fsp3) is 0.231. The van der Waals surface area contributed by atoms with E-state index in [0.29, 0.717) is 18.7 Å². The quantitative estimate of drug-likeness (QED) is 0.865. The summed E-state index contributed by atoms with van der Waals surface area (Å²) in [7, 11) is 0. The van der Waals surface area contributed by atoms with E-state index in [4.69, 9.17) is 10.2 Å². The van der Waals surface area contributed by atoms with Gasteiger partial charge in [-0.3, -0.25) is 4.79 Å². The third kappa shape index (κ3) is 1.78. The maximum Gasteiger partial charge on any atom is 0.228 e. The molecule has 1 aliphatic heterocycles. The first-order chi connectivity index (χ1) is 8.75.